The van der Waals surface area contributed by atoms with Gasteiger partial charge in [-0.1, -0.05) is 19.8 Å². The van der Waals surface area contributed by atoms with Crippen LogP contribution in [0.15, 0.2) is 0 Å². The van der Waals surface area contributed by atoms with Crippen molar-refractivity contribution < 1.29 is 0 Å². The van der Waals surface area contributed by atoms with E-state index in [1.54, 1.807) is 0 Å². The van der Waals surface area contributed by atoms with Crippen LogP contribution in [-0.4, -0.2) is 62.7 Å². The van der Waals surface area contributed by atoms with Crippen LogP contribution in [0.5, 0.6) is 0 Å². The van der Waals surface area contributed by atoms with E-state index in [1.165, 1.54) is 77.8 Å². The number of nitrogens with one attached hydrogen (secondary N) is 1. The van der Waals surface area contributed by atoms with Crippen LogP contribution in [-0.2, 0) is 0 Å². The van der Waals surface area contributed by atoms with Crippen LogP contribution in [0.3, 0.4) is 0 Å². The molecule has 0 spiro atoms. The normalized spacial score (nSPS) is 23.5. The van der Waals surface area contributed by atoms with Gasteiger partial charge in [0.05, 0.1) is 0 Å². The number of likely N-dealkylation sites (N-methyl/N-ethyl adjacent to an activating group) is 1. The van der Waals surface area contributed by atoms with Crippen LogP contribution in [0, 0.1) is 5.41 Å². The minimum atomic E-state index is 0.565. The number of hydrogen-bond acceptors (Lipinski definition) is 3. The van der Waals surface area contributed by atoms with E-state index < -0.39 is 0 Å². The summed E-state index contributed by atoms with van der Waals surface area (Å²) in [5, 5.41) is 3.60. The highest BCUT2D eigenvalue weighted by Crippen LogP contribution is 2.38. The zero-order chi connectivity index (χ0) is 13.6. The van der Waals surface area contributed by atoms with Gasteiger partial charge in [0.1, 0.15) is 0 Å². The SMILES string of the molecule is CCNCC1(CN(C)CCN2CCCC2)CCCC1. The maximum Gasteiger partial charge on any atom is 0.0109 e. The van der Waals surface area contributed by atoms with E-state index in [4.69, 9.17) is 0 Å². The number of rotatable bonds is 8. The lowest BCUT2D eigenvalue weighted by Gasteiger charge is -2.34. The molecule has 1 N–H and O–H groups in total. The van der Waals surface area contributed by atoms with E-state index in [1.807, 2.05) is 0 Å². The Balaban J connectivity index is 1.72. The van der Waals surface area contributed by atoms with Gasteiger partial charge in [0.25, 0.3) is 0 Å². The third kappa shape index (κ3) is 4.73. The second kappa shape index (κ2) is 7.61. The molecule has 0 amide bonds. The van der Waals surface area contributed by atoms with Gasteiger partial charge >= 0.3 is 0 Å². The highest BCUT2D eigenvalue weighted by atomic mass is 15.2. The van der Waals surface area contributed by atoms with E-state index in [2.05, 4.69) is 29.1 Å². The fraction of sp³-hybridized carbons (Fsp3) is 1.00. The van der Waals surface area contributed by atoms with Gasteiger partial charge in [-0.25, -0.2) is 0 Å². The molecule has 0 aromatic rings. The first-order valence-corrected chi connectivity index (χ1v) is 8.36. The molecule has 1 heterocycles. The summed E-state index contributed by atoms with van der Waals surface area (Å²) in [4.78, 5) is 5.21. The fourth-order valence-electron chi connectivity index (χ4n) is 3.88. The molecular formula is C16H33N3. The zero-order valence-electron chi connectivity index (χ0n) is 13.1. The Bertz CT molecular complexity index is 242. The standard InChI is InChI=1S/C16H33N3/c1-3-17-14-16(8-4-5-9-16)15-18(2)12-13-19-10-6-7-11-19/h17H,3-15H2,1-2H3. The third-order valence-electron chi connectivity index (χ3n) is 5.02. The van der Waals surface area contributed by atoms with Crippen molar-refractivity contribution in [3.63, 3.8) is 0 Å². The minimum Gasteiger partial charge on any atom is -0.316 e. The molecule has 2 aliphatic rings. The first-order chi connectivity index (χ1) is 9.24. The lowest BCUT2D eigenvalue weighted by Crippen LogP contribution is -2.43. The molecule has 2 fully saturated rings. The number of hydrogen-bond donors (Lipinski definition) is 1. The summed E-state index contributed by atoms with van der Waals surface area (Å²) in [5.41, 5.74) is 0.565. The number of likely N-dealkylation sites (tertiary alicyclic amines) is 1. The van der Waals surface area contributed by atoms with Crippen LogP contribution in [0.2, 0.25) is 0 Å². The Kier molecular flexibility index (Phi) is 6.11. The third-order valence-corrected chi connectivity index (χ3v) is 5.02. The van der Waals surface area contributed by atoms with Gasteiger partial charge in [-0.3, -0.25) is 0 Å². The van der Waals surface area contributed by atoms with E-state index in [9.17, 15) is 0 Å². The smallest absolute Gasteiger partial charge is 0.0109 e. The summed E-state index contributed by atoms with van der Waals surface area (Å²) in [7, 11) is 2.32. The van der Waals surface area contributed by atoms with Gasteiger partial charge < -0.3 is 15.1 Å². The van der Waals surface area contributed by atoms with Crippen molar-refractivity contribution in [2.24, 2.45) is 5.41 Å². The van der Waals surface area contributed by atoms with Crippen molar-refractivity contribution in [3.8, 4) is 0 Å². The van der Waals surface area contributed by atoms with Gasteiger partial charge in [0.2, 0.25) is 0 Å². The van der Waals surface area contributed by atoms with E-state index >= 15 is 0 Å². The van der Waals surface area contributed by atoms with E-state index in [0.717, 1.165) is 6.54 Å². The summed E-state index contributed by atoms with van der Waals surface area (Å²) in [6, 6.07) is 0. The second-order valence-corrected chi connectivity index (χ2v) is 6.77. The zero-order valence-corrected chi connectivity index (χ0v) is 13.1. The van der Waals surface area contributed by atoms with Crippen LogP contribution in [0.1, 0.15) is 45.4 Å². The molecule has 1 saturated heterocycles. The summed E-state index contributed by atoms with van der Waals surface area (Å²) < 4.78 is 0. The summed E-state index contributed by atoms with van der Waals surface area (Å²) in [6.45, 7) is 11.0. The molecule has 1 aliphatic carbocycles. The fourth-order valence-corrected chi connectivity index (χ4v) is 3.88. The van der Waals surface area contributed by atoms with Gasteiger partial charge in [0, 0.05) is 26.2 Å². The van der Waals surface area contributed by atoms with Crippen LogP contribution < -0.4 is 5.32 Å². The van der Waals surface area contributed by atoms with Gasteiger partial charge in [-0.15, -0.1) is 0 Å². The molecule has 3 heteroatoms. The Hall–Kier alpha value is -0.120. The van der Waals surface area contributed by atoms with Crippen LogP contribution in [0.25, 0.3) is 0 Å². The molecule has 0 aromatic heterocycles. The number of nitrogens with zero attached hydrogens (tertiary/aromatic N) is 2. The monoisotopic (exact) mass is 267 g/mol. The molecule has 112 valence electrons. The molecule has 0 aromatic carbocycles. The molecule has 1 saturated carbocycles. The lowest BCUT2D eigenvalue weighted by molar-refractivity contribution is 0.160. The summed E-state index contributed by atoms with van der Waals surface area (Å²) >= 11 is 0. The Morgan fingerprint density at radius 2 is 1.79 bits per heavy atom. The molecule has 19 heavy (non-hydrogen) atoms. The average molecular weight is 267 g/mol. The Labute approximate surface area is 119 Å². The quantitative estimate of drug-likeness (QED) is 0.727. The molecule has 0 bridgehead atoms. The van der Waals surface area contributed by atoms with E-state index in [-0.39, 0.29) is 0 Å². The maximum atomic E-state index is 3.60. The van der Waals surface area contributed by atoms with Gasteiger partial charge in [-0.2, -0.15) is 0 Å². The van der Waals surface area contributed by atoms with Crippen molar-refractivity contribution in [2.45, 2.75) is 45.4 Å². The first-order valence-electron chi connectivity index (χ1n) is 8.36. The largest absolute Gasteiger partial charge is 0.316 e. The maximum absolute atomic E-state index is 3.60. The highest BCUT2D eigenvalue weighted by Gasteiger charge is 2.34. The van der Waals surface area contributed by atoms with Crippen LogP contribution in [0.4, 0.5) is 0 Å². The first kappa shape index (κ1) is 15.3. The predicted molar refractivity (Wildman–Crippen MR) is 82.6 cm³/mol. The Morgan fingerprint density at radius 3 is 2.42 bits per heavy atom. The second-order valence-electron chi connectivity index (χ2n) is 6.77. The van der Waals surface area contributed by atoms with Crippen molar-refractivity contribution in [2.75, 3.05) is 52.9 Å². The summed E-state index contributed by atoms with van der Waals surface area (Å²) in [5.74, 6) is 0. The van der Waals surface area contributed by atoms with Crippen LogP contribution >= 0.6 is 0 Å². The molecule has 2 rings (SSSR count). The molecule has 0 radical (unpaired) electrons. The van der Waals surface area contributed by atoms with Gasteiger partial charge in [-0.05, 0) is 57.8 Å². The molecular weight excluding hydrogens is 234 g/mol. The topological polar surface area (TPSA) is 18.5 Å². The Morgan fingerprint density at radius 1 is 1.11 bits per heavy atom. The van der Waals surface area contributed by atoms with Crippen molar-refractivity contribution in [1.82, 2.24) is 15.1 Å². The van der Waals surface area contributed by atoms with Crippen molar-refractivity contribution in [1.29, 1.82) is 0 Å². The molecule has 0 unspecified atom stereocenters. The predicted octanol–water partition coefficient (Wildman–Crippen LogP) is 2.18. The van der Waals surface area contributed by atoms with E-state index in [0.29, 0.717) is 5.41 Å². The minimum absolute atomic E-state index is 0.565. The lowest BCUT2D eigenvalue weighted by atomic mass is 9.85. The molecule has 3 nitrogen and oxygen atoms in total. The average Bonchev–Trinajstić information content (AvgIpc) is 3.06. The molecule has 0 atom stereocenters. The van der Waals surface area contributed by atoms with Crippen molar-refractivity contribution >= 4 is 0 Å². The van der Waals surface area contributed by atoms with Gasteiger partial charge in [0.15, 0.2) is 0 Å². The van der Waals surface area contributed by atoms with Crippen molar-refractivity contribution in [3.05, 3.63) is 0 Å². The highest BCUT2D eigenvalue weighted by molar-refractivity contribution is 4.89. The summed E-state index contributed by atoms with van der Waals surface area (Å²) in [6.07, 6.45) is 8.54. The molecule has 1 aliphatic heterocycles.